The van der Waals surface area contributed by atoms with Gasteiger partial charge in [0.15, 0.2) is 11.5 Å². The molecular weight excluding hydrogens is 410 g/mol. The van der Waals surface area contributed by atoms with Crippen LogP contribution in [-0.4, -0.2) is 19.4 Å². The molecule has 2 aromatic carbocycles. The summed E-state index contributed by atoms with van der Waals surface area (Å²) in [5, 5.41) is 0.570. The number of aromatic nitrogens is 4. The second-order valence-corrected chi connectivity index (χ2v) is 6.92. The first-order valence-corrected chi connectivity index (χ1v) is 9.18. The van der Waals surface area contributed by atoms with Gasteiger partial charge in [0.1, 0.15) is 11.3 Å². The lowest BCUT2D eigenvalue weighted by molar-refractivity contribution is -0.137. The van der Waals surface area contributed by atoms with Gasteiger partial charge in [-0.1, -0.05) is 18.2 Å². The van der Waals surface area contributed by atoms with Crippen molar-refractivity contribution in [1.29, 1.82) is 0 Å². The Kier molecular flexibility index (Phi) is 4.14. The van der Waals surface area contributed by atoms with E-state index in [1.807, 2.05) is 0 Å². The number of nitrogens with two attached hydrogens (primary N) is 1. The molecule has 5 rings (SSSR count). The van der Waals surface area contributed by atoms with E-state index in [0.717, 1.165) is 12.1 Å². The van der Waals surface area contributed by atoms with Crippen molar-refractivity contribution in [3.8, 4) is 22.5 Å². The standard InChI is InChI=1S/C22H13F4N5/c23-16-11-14(10-13-2-1-7-28-17(13)16)19-18(30-20(27)21-29-8-9-31(19)21)12-3-5-15(6-4-12)22(24,25)26/h1-11H,(H2,27,30). The van der Waals surface area contributed by atoms with Gasteiger partial charge in [0.05, 0.1) is 17.0 Å². The van der Waals surface area contributed by atoms with Crippen molar-refractivity contribution >= 4 is 22.4 Å². The summed E-state index contributed by atoms with van der Waals surface area (Å²) in [6.45, 7) is 0. The second-order valence-electron chi connectivity index (χ2n) is 6.92. The molecule has 3 aromatic heterocycles. The SMILES string of the molecule is Nc1nc(-c2ccc(C(F)(F)F)cc2)c(-c2cc(F)c3ncccc3c2)n2ccnc12. The van der Waals surface area contributed by atoms with Crippen molar-refractivity contribution in [2.45, 2.75) is 6.18 Å². The summed E-state index contributed by atoms with van der Waals surface area (Å²) in [4.78, 5) is 12.6. The quantitative estimate of drug-likeness (QED) is 0.389. The lowest BCUT2D eigenvalue weighted by Crippen LogP contribution is -2.06. The highest BCUT2D eigenvalue weighted by molar-refractivity contribution is 5.89. The van der Waals surface area contributed by atoms with E-state index in [2.05, 4.69) is 15.0 Å². The van der Waals surface area contributed by atoms with Crippen LogP contribution < -0.4 is 5.73 Å². The number of alkyl halides is 3. The third-order valence-corrected chi connectivity index (χ3v) is 4.98. The summed E-state index contributed by atoms with van der Waals surface area (Å²) >= 11 is 0. The monoisotopic (exact) mass is 423 g/mol. The fraction of sp³-hybridized carbons (Fsp3) is 0.0455. The molecule has 0 aliphatic heterocycles. The van der Waals surface area contributed by atoms with E-state index >= 15 is 0 Å². The highest BCUT2D eigenvalue weighted by Gasteiger charge is 2.30. The average molecular weight is 423 g/mol. The molecule has 31 heavy (non-hydrogen) atoms. The van der Waals surface area contributed by atoms with Crippen LogP contribution in [0.15, 0.2) is 67.1 Å². The molecule has 5 nitrogen and oxygen atoms in total. The van der Waals surface area contributed by atoms with Gasteiger partial charge in [0.25, 0.3) is 0 Å². The lowest BCUT2D eigenvalue weighted by atomic mass is 10.0. The Hall–Kier alpha value is -4.01. The van der Waals surface area contributed by atoms with Gasteiger partial charge in [-0.25, -0.2) is 14.4 Å². The van der Waals surface area contributed by atoms with Crippen LogP contribution in [0.3, 0.4) is 0 Å². The lowest BCUT2D eigenvalue weighted by Gasteiger charge is -2.15. The molecule has 154 valence electrons. The van der Waals surface area contributed by atoms with Crippen molar-refractivity contribution in [1.82, 2.24) is 19.4 Å². The zero-order valence-corrected chi connectivity index (χ0v) is 15.7. The molecule has 0 fully saturated rings. The minimum absolute atomic E-state index is 0.103. The number of pyridine rings is 1. The summed E-state index contributed by atoms with van der Waals surface area (Å²) in [6.07, 6.45) is 0.197. The topological polar surface area (TPSA) is 69.1 Å². The van der Waals surface area contributed by atoms with Gasteiger partial charge < -0.3 is 5.73 Å². The molecule has 3 heterocycles. The van der Waals surface area contributed by atoms with Crippen LogP contribution in [0, 0.1) is 5.82 Å². The molecule has 0 saturated heterocycles. The summed E-state index contributed by atoms with van der Waals surface area (Å²) in [7, 11) is 0. The van der Waals surface area contributed by atoms with Crippen LogP contribution in [0.4, 0.5) is 23.4 Å². The first-order chi connectivity index (χ1) is 14.8. The Labute approximate surface area is 172 Å². The van der Waals surface area contributed by atoms with Crippen LogP contribution in [0.25, 0.3) is 39.1 Å². The summed E-state index contributed by atoms with van der Waals surface area (Å²) < 4.78 is 55.4. The minimum Gasteiger partial charge on any atom is -0.381 e. The Balaban J connectivity index is 1.80. The fourth-order valence-corrected chi connectivity index (χ4v) is 3.59. The first-order valence-electron chi connectivity index (χ1n) is 9.18. The Morgan fingerprint density at radius 1 is 0.903 bits per heavy atom. The van der Waals surface area contributed by atoms with E-state index in [-0.39, 0.29) is 11.3 Å². The Bertz CT molecular complexity index is 1440. The maximum absolute atomic E-state index is 14.8. The summed E-state index contributed by atoms with van der Waals surface area (Å²) in [5.41, 5.74) is 7.46. The van der Waals surface area contributed by atoms with E-state index in [0.29, 0.717) is 33.5 Å². The van der Waals surface area contributed by atoms with Crippen LogP contribution in [0.5, 0.6) is 0 Å². The van der Waals surface area contributed by atoms with Crippen molar-refractivity contribution in [3.05, 3.63) is 78.5 Å². The van der Waals surface area contributed by atoms with E-state index < -0.39 is 17.6 Å². The second kappa shape index (κ2) is 6.76. The molecule has 0 bridgehead atoms. The van der Waals surface area contributed by atoms with Gasteiger partial charge in [0.2, 0.25) is 0 Å². The first kappa shape index (κ1) is 19.0. The molecule has 0 spiro atoms. The van der Waals surface area contributed by atoms with Crippen molar-refractivity contribution in [2.75, 3.05) is 5.73 Å². The van der Waals surface area contributed by atoms with Crippen LogP contribution in [-0.2, 0) is 6.18 Å². The molecule has 0 amide bonds. The van der Waals surface area contributed by atoms with Gasteiger partial charge in [-0.2, -0.15) is 13.2 Å². The predicted octanol–water partition coefficient (Wildman–Crippen LogP) is 5.35. The smallest absolute Gasteiger partial charge is 0.381 e. The number of anilines is 1. The largest absolute Gasteiger partial charge is 0.416 e. The molecular formula is C22H13F4N5. The third kappa shape index (κ3) is 3.14. The maximum atomic E-state index is 14.8. The zero-order valence-electron chi connectivity index (χ0n) is 15.7. The van der Waals surface area contributed by atoms with Crippen molar-refractivity contribution in [2.24, 2.45) is 0 Å². The average Bonchev–Trinajstić information content (AvgIpc) is 3.23. The van der Waals surface area contributed by atoms with Gasteiger partial charge >= 0.3 is 6.18 Å². The number of halogens is 4. The van der Waals surface area contributed by atoms with Crippen LogP contribution in [0.2, 0.25) is 0 Å². The molecule has 0 atom stereocenters. The molecule has 2 N–H and O–H groups in total. The normalized spacial score (nSPS) is 12.0. The number of hydrogen-bond donors (Lipinski definition) is 1. The minimum atomic E-state index is -4.46. The Morgan fingerprint density at radius 2 is 1.68 bits per heavy atom. The highest BCUT2D eigenvalue weighted by Crippen LogP contribution is 2.36. The number of nitrogen functional groups attached to an aromatic ring is 1. The molecule has 5 aromatic rings. The maximum Gasteiger partial charge on any atom is 0.416 e. The molecule has 0 aliphatic rings. The van der Waals surface area contributed by atoms with Crippen molar-refractivity contribution < 1.29 is 17.6 Å². The zero-order chi connectivity index (χ0) is 21.8. The van der Waals surface area contributed by atoms with E-state index in [4.69, 9.17) is 5.73 Å². The van der Waals surface area contributed by atoms with Crippen molar-refractivity contribution in [3.63, 3.8) is 0 Å². The Morgan fingerprint density at radius 3 is 2.42 bits per heavy atom. The van der Waals surface area contributed by atoms with Crippen LogP contribution in [0.1, 0.15) is 5.56 Å². The van der Waals surface area contributed by atoms with E-state index in [1.54, 1.807) is 28.8 Å². The third-order valence-electron chi connectivity index (χ3n) is 4.98. The predicted molar refractivity (Wildman–Crippen MR) is 109 cm³/mol. The van der Waals surface area contributed by atoms with Gasteiger partial charge in [-0.15, -0.1) is 0 Å². The van der Waals surface area contributed by atoms with Gasteiger partial charge in [-0.05, 0) is 30.3 Å². The molecule has 9 heteroatoms. The molecule has 0 aliphatic carbocycles. The van der Waals surface area contributed by atoms with Crippen LogP contribution >= 0.6 is 0 Å². The number of fused-ring (bicyclic) bond motifs is 2. The summed E-state index contributed by atoms with van der Waals surface area (Å²) in [6, 6.07) is 11.0. The number of benzene rings is 2. The fourth-order valence-electron chi connectivity index (χ4n) is 3.59. The molecule has 0 unspecified atom stereocenters. The number of imidazole rings is 1. The number of hydrogen-bond acceptors (Lipinski definition) is 4. The van der Waals surface area contributed by atoms with Gasteiger partial charge in [0, 0.05) is 35.1 Å². The number of rotatable bonds is 2. The highest BCUT2D eigenvalue weighted by atomic mass is 19.4. The summed E-state index contributed by atoms with van der Waals surface area (Å²) in [5.74, 6) is -0.428. The van der Waals surface area contributed by atoms with E-state index in [1.165, 1.54) is 30.6 Å². The molecule has 0 radical (unpaired) electrons. The van der Waals surface area contributed by atoms with E-state index in [9.17, 15) is 17.6 Å². The van der Waals surface area contributed by atoms with Gasteiger partial charge in [-0.3, -0.25) is 9.38 Å². The molecule has 0 saturated carbocycles. The number of nitrogens with zero attached hydrogens (tertiary/aromatic N) is 4.